The Morgan fingerprint density at radius 2 is 2.00 bits per heavy atom. The van der Waals surface area contributed by atoms with E-state index in [1.807, 2.05) is 6.92 Å². The Balaban J connectivity index is 2.30. The number of hydrogen-bond donors (Lipinski definition) is 1. The highest BCUT2D eigenvalue weighted by atomic mass is 16.4. The number of likely N-dealkylation sites (N-methyl/N-ethyl adjacent to an activating group) is 1. The molecule has 0 radical (unpaired) electrons. The quantitative estimate of drug-likeness (QED) is 0.920. The number of carbonyl (C=O) groups is 2. The van der Waals surface area contributed by atoms with Crippen LogP contribution >= 0.6 is 0 Å². The van der Waals surface area contributed by atoms with Gasteiger partial charge in [-0.3, -0.25) is 4.79 Å². The average Bonchev–Trinajstić information content (AvgIpc) is 2.94. The van der Waals surface area contributed by atoms with Crippen molar-refractivity contribution in [3.63, 3.8) is 0 Å². The Kier molecular flexibility index (Phi) is 4.16. The monoisotopic (exact) mass is 279 g/mol. The van der Waals surface area contributed by atoms with Crippen molar-refractivity contribution >= 4 is 11.9 Å². The Morgan fingerprint density at radius 3 is 2.55 bits per heavy atom. The fourth-order valence-corrected chi connectivity index (χ4v) is 3.01. The van der Waals surface area contributed by atoms with Crippen LogP contribution in [0.2, 0.25) is 0 Å². The van der Waals surface area contributed by atoms with Gasteiger partial charge in [0.25, 0.3) is 5.91 Å². The Labute approximate surface area is 118 Å². The minimum Gasteiger partial charge on any atom is -0.479 e. The van der Waals surface area contributed by atoms with Crippen LogP contribution in [0.3, 0.4) is 0 Å². The standard InChI is InChI=1S/C15H21NO4/c1-3-12-11(7-10-20-12)13(17)16(2)15(14(18)19)8-5-4-6-9-15/h7,10H,3-6,8-9H2,1-2H3,(H,18,19). The third-order valence-electron chi connectivity index (χ3n) is 4.32. The molecule has 5 heteroatoms. The lowest BCUT2D eigenvalue weighted by atomic mass is 9.80. The van der Waals surface area contributed by atoms with Crippen molar-refractivity contribution in [2.75, 3.05) is 7.05 Å². The van der Waals surface area contributed by atoms with Gasteiger partial charge < -0.3 is 14.4 Å². The highest BCUT2D eigenvalue weighted by Crippen LogP contribution is 2.34. The molecule has 0 unspecified atom stereocenters. The average molecular weight is 279 g/mol. The van der Waals surface area contributed by atoms with Crippen LogP contribution in [0.4, 0.5) is 0 Å². The molecule has 1 N–H and O–H groups in total. The lowest BCUT2D eigenvalue weighted by Crippen LogP contribution is -2.56. The minimum absolute atomic E-state index is 0.264. The van der Waals surface area contributed by atoms with Crippen LogP contribution in [0, 0.1) is 0 Å². The van der Waals surface area contributed by atoms with E-state index in [-0.39, 0.29) is 5.91 Å². The van der Waals surface area contributed by atoms with Gasteiger partial charge in [0.1, 0.15) is 11.3 Å². The number of carbonyl (C=O) groups excluding carboxylic acids is 1. The number of amides is 1. The molecule has 0 saturated heterocycles. The number of nitrogens with zero attached hydrogens (tertiary/aromatic N) is 1. The first-order valence-corrected chi connectivity index (χ1v) is 7.11. The summed E-state index contributed by atoms with van der Waals surface area (Å²) in [5, 5.41) is 9.61. The topological polar surface area (TPSA) is 70.8 Å². The molecule has 1 heterocycles. The number of hydrogen-bond acceptors (Lipinski definition) is 3. The highest BCUT2D eigenvalue weighted by Gasteiger charge is 2.46. The van der Waals surface area contributed by atoms with Crippen LogP contribution in [0.25, 0.3) is 0 Å². The van der Waals surface area contributed by atoms with Gasteiger partial charge in [-0.15, -0.1) is 0 Å². The molecular weight excluding hydrogens is 258 g/mol. The van der Waals surface area contributed by atoms with Crippen LogP contribution in [0.5, 0.6) is 0 Å². The molecule has 2 rings (SSSR count). The number of carboxylic acids is 1. The van der Waals surface area contributed by atoms with E-state index in [1.54, 1.807) is 13.1 Å². The van der Waals surface area contributed by atoms with E-state index < -0.39 is 11.5 Å². The van der Waals surface area contributed by atoms with Gasteiger partial charge in [0, 0.05) is 13.5 Å². The summed E-state index contributed by atoms with van der Waals surface area (Å²) in [7, 11) is 1.59. The zero-order chi connectivity index (χ0) is 14.8. The second-order valence-electron chi connectivity index (χ2n) is 5.37. The summed E-state index contributed by atoms with van der Waals surface area (Å²) < 4.78 is 5.27. The number of carboxylic acid groups (broad SMARTS) is 1. The molecule has 20 heavy (non-hydrogen) atoms. The van der Waals surface area contributed by atoms with Gasteiger partial charge in [-0.1, -0.05) is 26.2 Å². The predicted octanol–water partition coefficient (Wildman–Crippen LogP) is 2.70. The molecule has 0 atom stereocenters. The van der Waals surface area contributed by atoms with Crippen molar-refractivity contribution in [3.8, 4) is 0 Å². The van der Waals surface area contributed by atoms with Crippen molar-refractivity contribution in [2.45, 2.75) is 51.0 Å². The van der Waals surface area contributed by atoms with Gasteiger partial charge in [0.05, 0.1) is 11.8 Å². The van der Waals surface area contributed by atoms with Crippen LogP contribution in [-0.2, 0) is 11.2 Å². The molecule has 1 aromatic heterocycles. The summed E-state index contributed by atoms with van der Waals surface area (Å²) in [6.45, 7) is 1.91. The summed E-state index contributed by atoms with van der Waals surface area (Å²) in [6.07, 6.45) is 5.85. The number of aliphatic carboxylic acids is 1. The molecule has 1 saturated carbocycles. The van der Waals surface area contributed by atoms with Crippen LogP contribution in [0.1, 0.15) is 55.1 Å². The Bertz CT molecular complexity index is 500. The molecular formula is C15H21NO4. The molecule has 0 spiro atoms. The fraction of sp³-hybridized carbons (Fsp3) is 0.600. The van der Waals surface area contributed by atoms with Crippen molar-refractivity contribution in [1.82, 2.24) is 4.90 Å². The zero-order valence-electron chi connectivity index (χ0n) is 12.0. The second-order valence-corrected chi connectivity index (χ2v) is 5.37. The highest BCUT2D eigenvalue weighted by molar-refractivity contribution is 5.98. The molecule has 1 aliphatic rings. The molecule has 1 aromatic rings. The van der Waals surface area contributed by atoms with Crippen molar-refractivity contribution in [1.29, 1.82) is 0 Å². The SMILES string of the molecule is CCc1occc1C(=O)N(C)C1(C(=O)O)CCCCC1. The van der Waals surface area contributed by atoms with Crippen molar-refractivity contribution < 1.29 is 19.1 Å². The van der Waals surface area contributed by atoms with Crippen LogP contribution in [-0.4, -0.2) is 34.5 Å². The molecule has 1 aliphatic carbocycles. The first-order valence-electron chi connectivity index (χ1n) is 7.11. The first kappa shape index (κ1) is 14.6. The third-order valence-corrected chi connectivity index (χ3v) is 4.32. The van der Waals surface area contributed by atoms with Gasteiger partial charge in [0.2, 0.25) is 0 Å². The summed E-state index contributed by atoms with van der Waals surface area (Å²) in [4.78, 5) is 25.7. The molecule has 0 bridgehead atoms. The van der Waals surface area contributed by atoms with Gasteiger partial charge in [0.15, 0.2) is 0 Å². The molecule has 5 nitrogen and oxygen atoms in total. The lowest BCUT2D eigenvalue weighted by Gasteiger charge is -2.40. The van der Waals surface area contributed by atoms with E-state index in [1.165, 1.54) is 11.2 Å². The van der Waals surface area contributed by atoms with Gasteiger partial charge in [-0.05, 0) is 18.9 Å². The van der Waals surface area contributed by atoms with E-state index >= 15 is 0 Å². The second kappa shape index (κ2) is 5.69. The van der Waals surface area contributed by atoms with E-state index in [2.05, 4.69) is 0 Å². The van der Waals surface area contributed by atoms with Crippen molar-refractivity contribution in [3.05, 3.63) is 23.7 Å². The zero-order valence-corrected chi connectivity index (χ0v) is 12.0. The van der Waals surface area contributed by atoms with Crippen LogP contribution in [0.15, 0.2) is 16.7 Å². The van der Waals surface area contributed by atoms with E-state index in [4.69, 9.17) is 4.42 Å². The fourth-order valence-electron chi connectivity index (χ4n) is 3.01. The molecule has 1 fully saturated rings. The molecule has 110 valence electrons. The number of aryl methyl sites for hydroxylation is 1. The molecule has 1 amide bonds. The predicted molar refractivity (Wildman–Crippen MR) is 73.6 cm³/mol. The van der Waals surface area contributed by atoms with Gasteiger partial charge in [-0.2, -0.15) is 0 Å². The summed E-state index contributed by atoms with van der Waals surface area (Å²) >= 11 is 0. The number of rotatable bonds is 4. The lowest BCUT2D eigenvalue weighted by molar-refractivity contribution is -0.151. The summed E-state index contributed by atoms with van der Waals surface area (Å²) in [5.74, 6) is -0.562. The Morgan fingerprint density at radius 1 is 1.35 bits per heavy atom. The maximum absolute atomic E-state index is 12.6. The number of furan rings is 1. The third kappa shape index (κ3) is 2.32. The summed E-state index contributed by atoms with van der Waals surface area (Å²) in [6, 6.07) is 1.62. The maximum Gasteiger partial charge on any atom is 0.329 e. The molecule has 0 aliphatic heterocycles. The largest absolute Gasteiger partial charge is 0.479 e. The first-order chi connectivity index (χ1) is 9.53. The Hall–Kier alpha value is -1.78. The van der Waals surface area contributed by atoms with E-state index in [9.17, 15) is 14.7 Å². The molecule has 0 aromatic carbocycles. The van der Waals surface area contributed by atoms with Crippen LogP contribution < -0.4 is 0 Å². The van der Waals surface area contributed by atoms with E-state index in [0.717, 1.165) is 19.3 Å². The van der Waals surface area contributed by atoms with Crippen molar-refractivity contribution in [2.24, 2.45) is 0 Å². The van der Waals surface area contributed by atoms with Gasteiger partial charge in [-0.25, -0.2) is 4.79 Å². The normalized spacial score (nSPS) is 17.7. The van der Waals surface area contributed by atoms with Gasteiger partial charge >= 0.3 is 5.97 Å². The minimum atomic E-state index is -1.07. The summed E-state index contributed by atoms with van der Waals surface area (Å²) in [5.41, 5.74) is -0.598. The maximum atomic E-state index is 12.6. The smallest absolute Gasteiger partial charge is 0.329 e. The van der Waals surface area contributed by atoms with E-state index in [0.29, 0.717) is 30.6 Å².